The molecular weight excluding hydrogens is 260 g/mol. The van der Waals surface area contributed by atoms with Crippen LogP contribution in [0.3, 0.4) is 0 Å². The van der Waals surface area contributed by atoms with Crippen molar-refractivity contribution in [2.24, 2.45) is 0 Å². The first-order valence-corrected chi connectivity index (χ1v) is 7.00. The van der Waals surface area contributed by atoms with Crippen LogP contribution in [-0.4, -0.2) is 18.0 Å². The summed E-state index contributed by atoms with van der Waals surface area (Å²) in [5.41, 5.74) is 2.40. The summed E-state index contributed by atoms with van der Waals surface area (Å²) in [5, 5.41) is -0.605. The molecule has 1 aromatic carbocycles. The zero-order valence-electron chi connectivity index (χ0n) is 11.6. The molecule has 0 amide bonds. The number of rotatable bonds is 7. The van der Waals surface area contributed by atoms with Crippen molar-refractivity contribution in [1.29, 1.82) is 0 Å². The number of halogens is 1. The predicted molar refractivity (Wildman–Crippen MR) is 79.6 cm³/mol. The van der Waals surface area contributed by atoms with Gasteiger partial charge in [-0.2, -0.15) is 0 Å². The summed E-state index contributed by atoms with van der Waals surface area (Å²) in [6.07, 6.45) is 3.22. The molecule has 0 aliphatic carbocycles. The molecule has 2 nitrogen and oxygen atoms in total. The first-order chi connectivity index (χ1) is 9.08. The molecule has 19 heavy (non-hydrogen) atoms. The van der Waals surface area contributed by atoms with Gasteiger partial charge in [-0.3, -0.25) is 4.79 Å². The van der Waals surface area contributed by atoms with Gasteiger partial charge in [0.2, 0.25) is 0 Å². The van der Waals surface area contributed by atoms with E-state index in [4.69, 9.17) is 16.3 Å². The van der Waals surface area contributed by atoms with Crippen molar-refractivity contribution in [1.82, 2.24) is 0 Å². The van der Waals surface area contributed by atoms with Crippen LogP contribution in [0.4, 0.5) is 0 Å². The molecule has 2 atom stereocenters. The Morgan fingerprint density at radius 2 is 2.05 bits per heavy atom. The average Bonchev–Trinajstić information content (AvgIpc) is 2.39. The van der Waals surface area contributed by atoms with Crippen molar-refractivity contribution < 1.29 is 9.53 Å². The van der Waals surface area contributed by atoms with Crippen molar-refractivity contribution in [2.75, 3.05) is 6.61 Å². The summed E-state index contributed by atoms with van der Waals surface area (Å²) in [6.45, 7) is 7.96. The molecule has 0 aromatic heterocycles. The van der Waals surface area contributed by atoms with E-state index in [0.29, 0.717) is 13.0 Å². The molecule has 104 valence electrons. The predicted octanol–water partition coefficient (Wildman–Crippen LogP) is 4.22. The number of esters is 1. The highest BCUT2D eigenvalue weighted by atomic mass is 35.5. The minimum Gasteiger partial charge on any atom is -0.465 e. The third-order valence-corrected chi connectivity index (χ3v) is 3.39. The topological polar surface area (TPSA) is 26.3 Å². The Kier molecular flexibility index (Phi) is 6.65. The largest absolute Gasteiger partial charge is 0.465 e. The molecule has 3 heteroatoms. The third-order valence-electron chi connectivity index (χ3n) is 3.03. The lowest BCUT2D eigenvalue weighted by atomic mass is 9.90. The average molecular weight is 281 g/mol. The fourth-order valence-electron chi connectivity index (χ4n) is 1.99. The second kappa shape index (κ2) is 8.00. The van der Waals surface area contributed by atoms with Crippen LogP contribution in [0.1, 0.15) is 36.8 Å². The second-order valence-electron chi connectivity index (χ2n) is 4.59. The number of allylic oxidation sites excluding steroid dienone is 1. The summed E-state index contributed by atoms with van der Waals surface area (Å²) in [5.74, 6) is -0.143. The zero-order chi connectivity index (χ0) is 14.3. The number of aryl methyl sites for hydroxylation is 1. The number of alkyl halides is 1. The highest BCUT2D eigenvalue weighted by molar-refractivity contribution is 6.29. The lowest BCUT2D eigenvalue weighted by Crippen LogP contribution is -2.20. The molecule has 2 unspecified atom stereocenters. The molecule has 0 radical (unpaired) electrons. The Labute approximate surface area is 120 Å². The van der Waals surface area contributed by atoms with Crippen molar-refractivity contribution in [3.05, 3.63) is 48.0 Å². The van der Waals surface area contributed by atoms with E-state index in [9.17, 15) is 4.79 Å². The molecule has 1 aromatic rings. The molecule has 0 N–H and O–H groups in total. The van der Waals surface area contributed by atoms with E-state index < -0.39 is 5.38 Å². The van der Waals surface area contributed by atoms with Crippen LogP contribution >= 0.6 is 11.6 Å². The maximum Gasteiger partial charge on any atom is 0.324 e. The van der Waals surface area contributed by atoms with Gasteiger partial charge in [0.15, 0.2) is 0 Å². The Morgan fingerprint density at radius 1 is 1.42 bits per heavy atom. The van der Waals surface area contributed by atoms with Crippen LogP contribution in [0.5, 0.6) is 0 Å². The number of hydrogen-bond acceptors (Lipinski definition) is 2. The maximum atomic E-state index is 11.6. The van der Waals surface area contributed by atoms with Crippen LogP contribution in [0, 0.1) is 6.92 Å². The number of benzene rings is 1. The van der Waals surface area contributed by atoms with Gasteiger partial charge in [0.25, 0.3) is 0 Å². The van der Waals surface area contributed by atoms with Crippen LogP contribution < -0.4 is 0 Å². The summed E-state index contributed by atoms with van der Waals surface area (Å²) >= 11 is 6.11. The van der Waals surface area contributed by atoms with Gasteiger partial charge in [-0.25, -0.2) is 0 Å². The summed E-state index contributed by atoms with van der Waals surface area (Å²) < 4.78 is 4.94. The summed E-state index contributed by atoms with van der Waals surface area (Å²) in [4.78, 5) is 11.6. The lowest BCUT2D eigenvalue weighted by Gasteiger charge is -2.18. The van der Waals surface area contributed by atoms with Gasteiger partial charge in [-0.05, 0) is 38.2 Å². The maximum absolute atomic E-state index is 11.6. The van der Waals surface area contributed by atoms with Gasteiger partial charge in [0.1, 0.15) is 5.38 Å². The minimum absolute atomic E-state index is 0.199. The van der Waals surface area contributed by atoms with E-state index in [2.05, 4.69) is 37.8 Å². The molecule has 0 heterocycles. The van der Waals surface area contributed by atoms with Gasteiger partial charge < -0.3 is 4.74 Å². The molecule has 0 saturated carbocycles. The fourth-order valence-corrected chi connectivity index (χ4v) is 2.26. The molecule has 0 aliphatic rings. The second-order valence-corrected chi connectivity index (χ2v) is 5.11. The zero-order valence-corrected chi connectivity index (χ0v) is 12.3. The lowest BCUT2D eigenvalue weighted by molar-refractivity contribution is -0.142. The monoisotopic (exact) mass is 280 g/mol. The smallest absolute Gasteiger partial charge is 0.324 e. The van der Waals surface area contributed by atoms with Gasteiger partial charge >= 0.3 is 5.97 Å². The number of carbonyl (C=O) groups is 1. The fraction of sp³-hybridized carbons (Fsp3) is 0.438. The Morgan fingerprint density at radius 3 is 2.58 bits per heavy atom. The first kappa shape index (κ1) is 15.8. The Bertz CT molecular complexity index is 411. The van der Waals surface area contributed by atoms with Crippen molar-refractivity contribution in [3.63, 3.8) is 0 Å². The highest BCUT2D eigenvalue weighted by Crippen LogP contribution is 2.28. The quantitative estimate of drug-likeness (QED) is 0.425. The molecular formula is C16H21ClO2. The SMILES string of the molecule is C=CCC(CC(Cl)C(=O)OCC)c1ccc(C)cc1. The highest BCUT2D eigenvalue weighted by Gasteiger charge is 2.22. The number of carbonyl (C=O) groups excluding carboxylic acids is 1. The van der Waals surface area contributed by atoms with E-state index >= 15 is 0 Å². The van der Waals surface area contributed by atoms with E-state index in [1.165, 1.54) is 11.1 Å². The van der Waals surface area contributed by atoms with Crippen LogP contribution in [0.15, 0.2) is 36.9 Å². The molecule has 0 spiro atoms. The van der Waals surface area contributed by atoms with E-state index in [1.54, 1.807) is 6.92 Å². The molecule has 0 saturated heterocycles. The first-order valence-electron chi connectivity index (χ1n) is 6.56. The van der Waals surface area contributed by atoms with Gasteiger partial charge in [-0.1, -0.05) is 35.9 Å². The third kappa shape index (κ3) is 5.07. The molecule has 1 rings (SSSR count). The van der Waals surface area contributed by atoms with Crippen LogP contribution in [0.2, 0.25) is 0 Å². The van der Waals surface area contributed by atoms with Gasteiger partial charge in [0.05, 0.1) is 6.61 Å². The summed E-state index contributed by atoms with van der Waals surface area (Å²) in [6, 6.07) is 8.30. The van der Waals surface area contributed by atoms with E-state index in [-0.39, 0.29) is 11.9 Å². The van der Waals surface area contributed by atoms with Crippen LogP contribution in [-0.2, 0) is 9.53 Å². The molecule has 0 bridgehead atoms. The standard InChI is InChI=1S/C16H21ClO2/c1-4-6-14(11-15(17)16(18)19-5-2)13-9-7-12(3)8-10-13/h4,7-10,14-15H,1,5-6,11H2,2-3H3. The summed E-state index contributed by atoms with van der Waals surface area (Å²) in [7, 11) is 0. The van der Waals surface area contributed by atoms with E-state index in [1.807, 2.05) is 6.08 Å². The number of ether oxygens (including phenoxy) is 1. The normalized spacial score (nSPS) is 13.6. The molecule has 0 aliphatic heterocycles. The van der Waals surface area contributed by atoms with Crippen molar-refractivity contribution in [3.8, 4) is 0 Å². The van der Waals surface area contributed by atoms with Crippen molar-refractivity contribution in [2.45, 2.75) is 38.0 Å². The van der Waals surface area contributed by atoms with Crippen LogP contribution in [0.25, 0.3) is 0 Å². The molecule has 0 fully saturated rings. The van der Waals surface area contributed by atoms with Gasteiger partial charge in [0, 0.05) is 0 Å². The number of hydrogen-bond donors (Lipinski definition) is 0. The van der Waals surface area contributed by atoms with Crippen molar-refractivity contribution >= 4 is 17.6 Å². The Hall–Kier alpha value is -1.28. The minimum atomic E-state index is -0.605. The Balaban J connectivity index is 2.74. The van der Waals surface area contributed by atoms with E-state index in [0.717, 1.165) is 6.42 Å². The van der Waals surface area contributed by atoms with Gasteiger partial charge in [-0.15, -0.1) is 18.2 Å².